The Morgan fingerprint density at radius 1 is 0.861 bits per heavy atom. The van der Waals surface area contributed by atoms with E-state index in [0.717, 1.165) is 0 Å². The van der Waals surface area contributed by atoms with Crippen LogP contribution in [0.1, 0.15) is 38.7 Å². The van der Waals surface area contributed by atoms with Gasteiger partial charge in [0.2, 0.25) is 23.6 Å². The van der Waals surface area contributed by atoms with Gasteiger partial charge in [0.1, 0.15) is 18.1 Å². The van der Waals surface area contributed by atoms with Gasteiger partial charge in [-0.15, -0.1) is 0 Å². The lowest BCUT2D eigenvalue weighted by atomic mass is 10.0. The Kier molecular flexibility index (Phi) is 12.0. The Labute approximate surface area is 208 Å². The lowest BCUT2D eigenvalue weighted by Gasteiger charge is -2.26. The number of hydrogen-bond donors (Lipinski definition) is 7. The molecule has 13 heteroatoms. The molecule has 4 unspecified atom stereocenters. The Hall–Kier alpha value is -4.00. The van der Waals surface area contributed by atoms with Crippen molar-refractivity contribution in [1.82, 2.24) is 16.0 Å². The van der Waals surface area contributed by atoms with Gasteiger partial charge in [-0.05, 0) is 17.9 Å². The van der Waals surface area contributed by atoms with E-state index in [9.17, 15) is 33.9 Å². The van der Waals surface area contributed by atoms with Gasteiger partial charge in [0.05, 0.1) is 12.5 Å². The number of benzene rings is 1. The van der Waals surface area contributed by atoms with Gasteiger partial charge in [0.15, 0.2) is 0 Å². The molecule has 0 aliphatic carbocycles. The summed E-state index contributed by atoms with van der Waals surface area (Å²) in [5.41, 5.74) is 11.4. The van der Waals surface area contributed by atoms with Gasteiger partial charge in [-0.3, -0.25) is 24.0 Å². The molecule has 36 heavy (non-hydrogen) atoms. The second kappa shape index (κ2) is 14.4. The molecule has 198 valence electrons. The molecule has 0 heterocycles. The molecule has 0 bridgehead atoms. The molecule has 1 aromatic carbocycles. The van der Waals surface area contributed by atoms with Crippen LogP contribution in [0.5, 0.6) is 0 Å². The van der Waals surface area contributed by atoms with Crippen molar-refractivity contribution in [3.8, 4) is 0 Å². The minimum Gasteiger partial charge on any atom is -0.481 e. The highest BCUT2D eigenvalue weighted by atomic mass is 16.4. The van der Waals surface area contributed by atoms with Crippen LogP contribution in [-0.2, 0) is 35.2 Å². The molecule has 1 aromatic rings. The smallest absolute Gasteiger partial charge is 0.326 e. The van der Waals surface area contributed by atoms with Crippen molar-refractivity contribution < 1.29 is 39.0 Å². The summed E-state index contributed by atoms with van der Waals surface area (Å²) in [6.07, 6.45) is -1.19. The molecule has 0 saturated heterocycles. The number of carboxylic acid groups (broad SMARTS) is 2. The van der Waals surface area contributed by atoms with Crippen LogP contribution in [-0.4, -0.2) is 69.9 Å². The van der Waals surface area contributed by atoms with Crippen LogP contribution < -0.4 is 27.4 Å². The number of carboxylic acids is 2. The van der Waals surface area contributed by atoms with Gasteiger partial charge >= 0.3 is 11.9 Å². The van der Waals surface area contributed by atoms with Crippen molar-refractivity contribution in [2.75, 3.05) is 0 Å². The summed E-state index contributed by atoms with van der Waals surface area (Å²) in [6.45, 7) is 3.17. The summed E-state index contributed by atoms with van der Waals surface area (Å²) in [4.78, 5) is 72.1. The predicted octanol–water partition coefficient (Wildman–Crippen LogP) is -1.51. The molecule has 0 radical (unpaired) electrons. The van der Waals surface area contributed by atoms with Crippen LogP contribution in [0.2, 0.25) is 0 Å². The average molecular weight is 508 g/mol. The third-order valence-corrected chi connectivity index (χ3v) is 5.19. The van der Waals surface area contributed by atoms with Gasteiger partial charge in [-0.25, -0.2) is 4.79 Å². The first-order valence-electron chi connectivity index (χ1n) is 11.2. The van der Waals surface area contributed by atoms with Gasteiger partial charge in [0.25, 0.3) is 0 Å². The second-order valence-electron chi connectivity index (χ2n) is 8.59. The summed E-state index contributed by atoms with van der Waals surface area (Å²) in [5.74, 6) is -6.36. The number of hydrogen-bond acceptors (Lipinski definition) is 7. The largest absolute Gasteiger partial charge is 0.481 e. The van der Waals surface area contributed by atoms with Crippen molar-refractivity contribution in [2.24, 2.45) is 17.4 Å². The summed E-state index contributed by atoms with van der Waals surface area (Å²) in [7, 11) is 0. The summed E-state index contributed by atoms with van der Waals surface area (Å²) < 4.78 is 0. The molecule has 0 aliphatic rings. The standard InChI is InChI=1S/C23H33N5O8/c1-12(2)19(23(35)36)28-21(33)15(8-9-17(25)29)26-22(34)16(10-13-6-4-3-5-7-13)27-20(32)14(24)11-18(30)31/h3-7,12,14-16,19H,8-11,24H2,1-2H3,(H2,25,29)(H,26,34)(H,27,32)(H,28,33)(H,30,31)(H,35,36). The first kappa shape index (κ1) is 30.0. The van der Waals surface area contributed by atoms with E-state index in [1.165, 1.54) is 0 Å². The normalized spacial score (nSPS) is 14.1. The lowest BCUT2D eigenvalue weighted by molar-refractivity contribution is -0.143. The number of rotatable bonds is 15. The highest BCUT2D eigenvalue weighted by molar-refractivity contribution is 5.95. The van der Waals surface area contributed by atoms with Crippen LogP contribution in [0.25, 0.3) is 0 Å². The monoisotopic (exact) mass is 507 g/mol. The average Bonchev–Trinajstić information content (AvgIpc) is 2.78. The van der Waals surface area contributed by atoms with Crippen molar-refractivity contribution >= 4 is 35.6 Å². The number of amides is 4. The zero-order chi connectivity index (χ0) is 27.4. The molecule has 0 aromatic heterocycles. The molecule has 0 spiro atoms. The maximum absolute atomic E-state index is 13.1. The minimum absolute atomic E-state index is 0.0217. The Balaban J connectivity index is 3.14. The third-order valence-electron chi connectivity index (χ3n) is 5.19. The van der Waals surface area contributed by atoms with E-state index in [2.05, 4.69) is 16.0 Å². The fraction of sp³-hybridized carbons (Fsp3) is 0.478. The van der Waals surface area contributed by atoms with Crippen LogP contribution in [0.15, 0.2) is 30.3 Å². The van der Waals surface area contributed by atoms with Gasteiger partial charge in [-0.1, -0.05) is 44.2 Å². The van der Waals surface area contributed by atoms with E-state index in [0.29, 0.717) is 5.56 Å². The number of aliphatic carboxylic acids is 2. The third kappa shape index (κ3) is 10.5. The Morgan fingerprint density at radius 3 is 1.92 bits per heavy atom. The molecular weight excluding hydrogens is 474 g/mol. The number of carbonyl (C=O) groups excluding carboxylic acids is 4. The van der Waals surface area contributed by atoms with E-state index >= 15 is 0 Å². The summed E-state index contributed by atoms with van der Waals surface area (Å²) in [5, 5.41) is 25.4. The van der Waals surface area contributed by atoms with Gasteiger partial charge in [0, 0.05) is 12.8 Å². The van der Waals surface area contributed by atoms with E-state index in [4.69, 9.17) is 16.6 Å². The van der Waals surface area contributed by atoms with Gasteiger partial charge < -0.3 is 37.6 Å². The number of primary amides is 1. The second-order valence-corrected chi connectivity index (χ2v) is 8.59. The van der Waals surface area contributed by atoms with Crippen LogP contribution >= 0.6 is 0 Å². The molecule has 0 saturated carbocycles. The maximum Gasteiger partial charge on any atom is 0.326 e. The van der Waals surface area contributed by atoms with Crippen LogP contribution in [0, 0.1) is 5.92 Å². The molecule has 4 amide bonds. The van der Waals surface area contributed by atoms with Crippen molar-refractivity contribution in [1.29, 1.82) is 0 Å². The lowest BCUT2D eigenvalue weighted by Crippen LogP contribution is -2.58. The predicted molar refractivity (Wildman–Crippen MR) is 127 cm³/mol. The molecule has 0 aliphatic heterocycles. The quantitative estimate of drug-likeness (QED) is 0.146. The molecule has 13 nitrogen and oxygen atoms in total. The number of nitrogens with one attached hydrogen (secondary N) is 3. The van der Waals surface area contributed by atoms with Crippen molar-refractivity contribution in [2.45, 2.75) is 63.7 Å². The molecular formula is C23H33N5O8. The zero-order valence-corrected chi connectivity index (χ0v) is 20.1. The zero-order valence-electron chi connectivity index (χ0n) is 20.1. The minimum atomic E-state index is -1.43. The molecule has 0 fully saturated rings. The fourth-order valence-corrected chi connectivity index (χ4v) is 3.21. The molecule has 4 atom stereocenters. The van der Waals surface area contributed by atoms with Gasteiger partial charge in [-0.2, -0.15) is 0 Å². The van der Waals surface area contributed by atoms with E-state index < -0.39 is 72.1 Å². The topological polar surface area (TPSA) is 231 Å². The first-order chi connectivity index (χ1) is 16.8. The van der Waals surface area contributed by atoms with Crippen molar-refractivity contribution in [3.05, 3.63) is 35.9 Å². The summed E-state index contributed by atoms with van der Waals surface area (Å²) in [6, 6.07) is 3.29. The van der Waals surface area contributed by atoms with E-state index in [1.807, 2.05) is 0 Å². The summed E-state index contributed by atoms with van der Waals surface area (Å²) >= 11 is 0. The Morgan fingerprint density at radius 2 is 1.42 bits per heavy atom. The van der Waals surface area contributed by atoms with E-state index in [1.54, 1.807) is 44.2 Å². The highest BCUT2D eigenvalue weighted by Crippen LogP contribution is 2.08. The number of nitrogens with two attached hydrogens (primary N) is 2. The Bertz CT molecular complexity index is 953. The van der Waals surface area contributed by atoms with E-state index in [-0.39, 0.29) is 19.3 Å². The van der Waals surface area contributed by atoms with Crippen molar-refractivity contribution in [3.63, 3.8) is 0 Å². The first-order valence-corrected chi connectivity index (χ1v) is 11.2. The maximum atomic E-state index is 13.1. The van der Waals surface area contributed by atoms with Crippen LogP contribution in [0.4, 0.5) is 0 Å². The molecule has 9 N–H and O–H groups in total. The van der Waals surface area contributed by atoms with Crippen LogP contribution in [0.3, 0.4) is 0 Å². The molecule has 1 rings (SSSR count). The SMILES string of the molecule is CC(C)C(NC(=O)C(CCC(N)=O)NC(=O)C(Cc1ccccc1)NC(=O)C(N)CC(=O)O)C(=O)O. The fourth-order valence-electron chi connectivity index (χ4n) is 3.21. The number of carbonyl (C=O) groups is 6. The highest BCUT2D eigenvalue weighted by Gasteiger charge is 2.31.